The van der Waals surface area contributed by atoms with E-state index in [4.69, 9.17) is 14.8 Å². The number of hydrogen-bond donors (Lipinski definition) is 2. The summed E-state index contributed by atoms with van der Waals surface area (Å²) in [4.78, 5) is 14.4. The minimum absolute atomic E-state index is 0.581. The maximum absolute atomic E-state index is 13.9. The first kappa shape index (κ1) is 16.7. The molecule has 0 saturated carbocycles. The maximum Gasteiger partial charge on any atom is 0.407 e. The normalized spacial score (nSPS) is 16.6. The molecule has 2 rings (SSSR count). The average molecular weight is 464 g/mol. The Morgan fingerprint density at radius 3 is 2.45 bits per heavy atom. The van der Waals surface area contributed by atoms with Crippen molar-refractivity contribution in [3.05, 3.63) is 64.6 Å². The average Bonchev–Trinajstić information content (AvgIpc) is 2.79. The zero-order valence-corrected chi connectivity index (χ0v) is 16.8. The third-order valence-corrected chi connectivity index (χ3v) is 5.99. The number of aliphatic hydroxyl groups is 1. The fourth-order valence-corrected chi connectivity index (χ4v) is 4.30. The number of rotatable bonds is 6. The number of nitrogens with one attached hydrogen (secondary N) is 1. The van der Waals surface area contributed by atoms with Crippen LogP contribution in [0, 0.1) is 19.3 Å². The minimum atomic E-state index is -5.34. The molecule has 0 aromatic heterocycles. The maximum atomic E-state index is 13.9. The molecule has 0 spiro atoms. The topological polar surface area (TPSA) is 87.8 Å². The molecule has 2 N–H and O–H groups in total. The van der Waals surface area contributed by atoms with Crippen molar-refractivity contribution < 1.29 is 44.1 Å². The Morgan fingerprint density at radius 1 is 1.26 bits per heavy atom. The number of nitrogens with zero attached hydrogens (tertiary/aromatic N) is 1. The van der Waals surface area contributed by atoms with Crippen molar-refractivity contribution in [1.82, 2.24) is 0 Å². The summed E-state index contributed by atoms with van der Waals surface area (Å²) >= 11 is 0. The van der Waals surface area contributed by atoms with Gasteiger partial charge in [0, 0.05) is 7.06 Å². The van der Waals surface area contributed by atoms with Gasteiger partial charge in [-0.25, -0.2) is 17.7 Å². The SMILES string of the molecule is [2H]c1c([2H])c(S(=O)(=O)CC(O)(CC)C(=O)Nc2c([2H])c([2H])c([N+]#[C-])c(C(F)(F)F)c2[2H])c(C)c([2H])c1F. The molecule has 0 aliphatic carbocycles. The lowest BCUT2D eigenvalue weighted by Gasteiger charge is -2.26. The monoisotopic (exact) mass is 464 g/mol. The van der Waals surface area contributed by atoms with Gasteiger partial charge in [-0.15, -0.1) is 0 Å². The Bertz CT molecular complexity index is 1430. The van der Waals surface area contributed by atoms with E-state index in [2.05, 4.69) is 4.85 Å². The van der Waals surface area contributed by atoms with Gasteiger partial charge in [-0.2, -0.15) is 13.2 Å². The number of hydrogen-bond acceptors (Lipinski definition) is 4. The van der Waals surface area contributed by atoms with Gasteiger partial charge in [-0.05, 0) is 49.1 Å². The molecule has 0 bridgehead atoms. The van der Waals surface area contributed by atoms with Gasteiger partial charge in [-0.1, -0.05) is 13.0 Å². The Hall–Kier alpha value is -2.97. The molecule has 2 aromatic rings. The fourth-order valence-electron chi connectivity index (χ4n) is 2.46. The van der Waals surface area contributed by atoms with E-state index in [9.17, 15) is 35.9 Å². The van der Waals surface area contributed by atoms with Crippen LogP contribution in [0.1, 0.15) is 32.7 Å². The van der Waals surface area contributed by atoms with Crippen molar-refractivity contribution in [2.75, 3.05) is 11.1 Å². The number of benzene rings is 2. The van der Waals surface area contributed by atoms with E-state index in [1.807, 2.05) is 0 Å². The Morgan fingerprint density at radius 2 is 1.90 bits per heavy atom. The third-order valence-electron chi connectivity index (χ3n) is 4.10. The van der Waals surface area contributed by atoms with Gasteiger partial charge in [-0.3, -0.25) is 4.79 Å². The smallest absolute Gasteiger partial charge is 0.379 e. The molecule has 1 unspecified atom stereocenters. The van der Waals surface area contributed by atoms with Crippen LogP contribution >= 0.6 is 0 Å². The zero-order chi connectivity index (χ0) is 28.8. The molecule has 31 heavy (non-hydrogen) atoms. The molecule has 2 aromatic carbocycles. The van der Waals surface area contributed by atoms with E-state index in [-0.39, 0.29) is 0 Å². The van der Waals surface area contributed by atoms with Crippen molar-refractivity contribution in [2.45, 2.75) is 36.9 Å². The van der Waals surface area contributed by atoms with Crippen molar-refractivity contribution in [1.29, 1.82) is 0 Å². The highest BCUT2D eigenvalue weighted by Crippen LogP contribution is 2.38. The highest BCUT2D eigenvalue weighted by atomic mass is 32.2. The number of sulfone groups is 1. The summed E-state index contributed by atoms with van der Waals surface area (Å²) in [7, 11) is -4.92. The number of carbonyl (C=O) groups excluding carboxylic acids is 1. The van der Waals surface area contributed by atoms with Crippen molar-refractivity contribution in [3.8, 4) is 0 Å². The van der Waals surface area contributed by atoms with Crippen molar-refractivity contribution in [3.63, 3.8) is 0 Å². The standard InChI is InChI=1S/C20H18F4N2O4S/c1-4-19(28,11-31(29,30)17-8-5-13(21)9-12(17)2)18(27)26-14-6-7-16(25-3)15(10-14)20(22,23)24/h5-10,28H,4,11H2,1-2H3,(H,26,27)/i5D,6D,7D,8D,9D,10D. The highest BCUT2D eigenvalue weighted by Gasteiger charge is 2.40. The summed E-state index contributed by atoms with van der Waals surface area (Å²) in [5.74, 6) is -4.68. The van der Waals surface area contributed by atoms with E-state index in [0.29, 0.717) is 0 Å². The summed E-state index contributed by atoms with van der Waals surface area (Å²) in [5.41, 5.74) is -8.02. The van der Waals surface area contributed by atoms with Crippen LogP contribution in [0.2, 0.25) is 0 Å². The molecule has 0 fully saturated rings. The molecule has 1 amide bonds. The van der Waals surface area contributed by atoms with Crippen LogP contribution < -0.4 is 5.32 Å². The number of alkyl halides is 3. The first-order chi connectivity index (χ1) is 16.8. The van der Waals surface area contributed by atoms with Crippen LogP contribution in [0.5, 0.6) is 0 Å². The van der Waals surface area contributed by atoms with Crippen molar-refractivity contribution in [2.24, 2.45) is 0 Å². The van der Waals surface area contributed by atoms with Crippen LogP contribution in [0.3, 0.4) is 0 Å². The van der Waals surface area contributed by atoms with Crippen molar-refractivity contribution >= 4 is 27.1 Å². The summed E-state index contributed by atoms with van der Waals surface area (Å²) in [6.45, 7) is 8.96. The Balaban J connectivity index is 2.64. The highest BCUT2D eigenvalue weighted by molar-refractivity contribution is 7.91. The second-order valence-corrected chi connectivity index (χ2v) is 8.25. The lowest BCUT2D eigenvalue weighted by molar-refractivity contribution is -0.137. The van der Waals surface area contributed by atoms with Gasteiger partial charge >= 0.3 is 6.18 Å². The van der Waals surface area contributed by atoms with Gasteiger partial charge in [0.25, 0.3) is 5.91 Å². The second-order valence-electron chi connectivity index (χ2n) is 6.32. The number of amides is 1. The quantitative estimate of drug-likeness (QED) is 0.380. The van der Waals surface area contributed by atoms with E-state index in [1.165, 1.54) is 0 Å². The van der Waals surface area contributed by atoms with Gasteiger partial charge in [0.15, 0.2) is 21.1 Å². The van der Waals surface area contributed by atoms with Gasteiger partial charge in [0.2, 0.25) is 0 Å². The molecule has 1 atom stereocenters. The lowest BCUT2D eigenvalue weighted by Crippen LogP contribution is -2.48. The summed E-state index contributed by atoms with van der Waals surface area (Å²) in [5, 5.41) is 12.5. The molecule has 11 heteroatoms. The molecule has 166 valence electrons. The first-order valence-electron chi connectivity index (χ1n) is 11.4. The molecule has 6 nitrogen and oxygen atoms in total. The van der Waals surface area contributed by atoms with E-state index in [0.717, 1.165) is 13.8 Å². The van der Waals surface area contributed by atoms with E-state index in [1.54, 1.807) is 5.32 Å². The number of carbonyl (C=O) groups is 1. The molecule has 0 aliphatic heterocycles. The van der Waals surface area contributed by atoms with Gasteiger partial charge < -0.3 is 10.4 Å². The molecular weight excluding hydrogens is 440 g/mol. The Labute approximate surface area is 184 Å². The molecule has 0 saturated heterocycles. The number of anilines is 1. The predicted molar refractivity (Wildman–Crippen MR) is 105 cm³/mol. The van der Waals surface area contributed by atoms with E-state index >= 15 is 0 Å². The lowest BCUT2D eigenvalue weighted by atomic mass is 10.0. The zero-order valence-electron chi connectivity index (χ0n) is 22.0. The van der Waals surface area contributed by atoms with Gasteiger partial charge in [0.1, 0.15) is 5.82 Å². The summed E-state index contributed by atoms with van der Waals surface area (Å²) < 4.78 is 127. The summed E-state index contributed by atoms with van der Waals surface area (Å²) in [6, 6.07) is -7.37. The van der Waals surface area contributed by atoms with Crippen LogP contribution in [0.25, 0.3) is 4.85 Å². The largest absolute Gasteiger partial charge is 0.407 e. The molecule has 0 aliphatic rings. The molecule has 0 heterocycles. The van der Waals surface area contributed by atoms with Gasteiger partial charge in [0.05, 0.1) is 29.6 Å². The number of halogens is 4. The fraction of sp³-hybridized carbons (Fsp3) is 0.300. The third kappa shape index (κ3) is 5.39. The predicted octanol–water partition coefficient (Wildman–Crippen LogP) is 4.26. The Kier molecular flexibility index (Phi) is 4.65. The summed E-state index contributed by atoms with van der Waals surface area (Å²) in [6.07, 6.45) is -6.04. The minimum Gasteiger partial charge on any atom is -0.379 e. The second kappa shape index (κ2) is 8.64. The van der Waals surface area contributed by atoms with Crippen LogP contribution in [-0.4, -0.2) is 30.8 Å². The first-order valence-corrected chi connectivity index (χ1v) is 10.0. The molecular formula is C20H18F4N2O4S. The van der Waals surface area contributed by atoms with Crippen LogP contribution in [0.15, 0.2) is 41.1 Å². The van der Waals surface area contributed by atoms with Crippen LogP contribution in [-0.2, 0) is 20.8 Å². The van der Waals surface area contributed by atoms with Crippen LogP contribution in [0.4, 0.5) is 28.9 Å². The molecule has 0 radical (unpaired) electrons. The van der Waals surface area contributed by atoms with E-state index < -0.39 is 109 Å².